The van der Waals surface area contributed by atoms with E-state index in [-0.39, 0.29) is 17.7 Å². The van der Waals surface area contributed by atoms with Gasteiger partial charge in [0, 0.05) is 5.56 Å². The highest BCUT2D eigenvalue weighted by molar-refractivity contribution is 7.99. The van der Waals surface area contributed by atoms with Crippen LogP contribution in [0.1, 0.15) is 0 Å². The number of amides is 2. The van der Waals surface area contributed by atoms with Gasteiger partial charge in [-0.1, -0.05) is 42.1 Å². The fourth-order valence-electron chi connectivity index (χ4n) is 2.52. The van der Waals surface area contributed by atoms with Crippen LogP contribution in [0.5, 0.6) is 0 Å². The molecule has 3 heterocycles. The summed E-state index contributed by atoms with van der Waals surface area (Å²) >= 11 is 8.28. The summed E-state index contributed by atoms with van der Waals surface area (Å²) in [5, 5.41) is 12.4. The van der Waals surface area contributed by atoms with E-state index in [1.807, 2.05) is 36.4 Å². The number of anilines is 1. The lowest BCUT2D eigenvalue weighted by molar-refractivity contribution is -0.115. The van der Waals surface area contributed by atoms with Gasteiger partial charge in [-0.05, 0) is 11.6 Å². The number of nitrogens with zero attached hydrogens (tertiary/aromatic N) is 3. The third-order valence-corrected chi connectivity index (χ3v) is 5.82. The minimum absolute atomic E-state index is 0.114. The van der Waals surface area contributed by atoms with Gasteiger partial charge >= 0.3 is 0 Å². The van der Waals surface area contributed by atoms with Crippen molar-refractivity contribution in [3.8, 4) is 21.8 Å². The predicted molar refractivity (Wildman–Crippen MR) is 103 cm³/mol. The molecule has 0 saturated carbocycles. The summed E-state index contributed by atoms with van der Waals surface area (Å²) in [5.74, 6) is 0.311. The van der Waals surface area contributed by atoms with E-state index >= 15 is 0 Å². The molecular weight excluding hydrogens is 394 g/mol. The van der Waals surface area contributed by atoms with Crippen molar-refractivity contribution in [1.29, 1.82) is 0 Å². The van der Waals surface area contributed by atoms with Gasteiger partial charge in [-0.2, -0.15) is 0 Å². The molecule has 3 aromatic rings. The smallest absolute Gasteiger partial charge is 0.249 e. The van der Waals surface area contributed by atoms with Gasteiger partial charge in [-0.25, -0.2) is 4.68 Å². The van der Waals surface area contributed by atoms with Gasteiger partial charge in [-0.15, -0.1) is 33.1 Å². The van der Waals surface area contributed by atoms with Crippen LogP contribution in [0.25, 0.3) is 21.8 Å². The second-order valence-electron chi connectivity index (χ2n) is 5.37. The minimum atomic E-state index is -0.286. The van der Waals surface area contributed by atoms with Crippen LogP contribution in [0.15, 0.2) is 41.6 Å². The number of carbonyl (C=O) groups excluding carboxylic acids is 2. The Labute approximate surface area is 161 Å². The standard InChI is InChI=1S/C16H12ClN5O2S2/c17-7-11(23)18-13-6-10(9-4-2-1-3-5-9)14(26-13)15-19-20-16-22(15)21-12(24)8-25-16/h1-6H,7-8H2,(H,18,23)(H,21,24). The van der Waals surface area contributed by atoms with Gasteiger partial charge in [0.25, 0.3) is 0 Å². The van der Waals surface area contributed by atoms with Crippen LogP contribution in [0.4, 0.5) is 5.00 Å². The number of carbonyl (C=O) groups is 2. The second-order valence-corrected chi connectivity index (χ2v) is 7.63. The molecule has 2 amide bonds. The van der Waals surface area contributed by atoms with Crippen LogP contribution in [0.2, 0.25) is 0 Å². The summed E-state index contributed by atoms with van der Waals surface area (Å²) in [4.78, 5) is 24.2. The number of hydrogen-bond acceptors (Lipinski definition) is 6. The average Bonchev–Trinajstić information content (AvgIpc) is 3.25. The van der Waals surface area contributed by atoms with Crippen molar-refractivity contribution in [2.24, 2.45) is 0 Å². The van der Waals surface area contributed by atoms with Crippen LogP contribution in [-0.4, -0.2) is 38.3 Å². The van der Waals surface area contributed by atoms with E-state index < -0.39 is 0 Å². The Balaban J connectivity index is 1.84. The molecule has 1 aliphatic heterocycles. The highest BCUT2D eigenvalue weighted by Gasteiger charge is 2.25. The fraction of sp³-hybridized carbons (Fsp3) is 0.125. The summed E-state index contributed by atoms with van der Waals surface area (Å²) in [5.41, 5.74) is 4.64. The minimum Gasteiger partial charge on any atom is -0.317 e. The topological polar surface area (TPSA) is 88.9 Å². The summed E-state index contributed by atoms with van der Waals surface area (Å²) in [6.07, 6.45) is 0. The molecule has 7 nitrogen and oxygen atoms in total. The third kappa shape index (κ3) is 3.20. The second kappa shape index (κ2) is 7.10. The molecule has 2 aromatic heterocycles. The van der Waals surface area contributed by atoms with Crippen molar-refractivity contribution < 1.29 is 9.59 Å². The molecule has 132 valence electrons. The van der Waals surface area contributed by atoms with E-state index in [4.69, 9.17) is 11.6 Å². The quantitative estimate of drug-likeness (QED) is 0.651. The zero-order valence-electron chi connectivity index (χ0n) is 13.2. The molecule has 0 spiro atoms. The lowest BCUT2D eigenvalue weighted by atomic mass is 10.1. The molecule has 0 radical (unpaired) electrons. The number of thioether (sulfide) groups is 1. The van der Waals surface area contributed by atoms with Crippen LogP contribution in [0, 0.1) is 0 Å². The maximum absolute atomic E-state index is 11.8. The summed E-state index contributed by atoms with van der Waals surface area (Å²) in [7, 11) is 0. The molecule has 0 bridgehead atoms. The Morgan fingerprint density at radius 2 is 2.12 bits per heavy atom. The predicted octanol–water partition coefficient (Wildman–Crippen LogP) is 3.03. The van der Waals surface area contributed by atoms with Gasteiger partial charge < -0.3 is 5.32 Å². The molecule has 0 unspecified atom stereocenters. The number of hydrogen-bond donors (Lipinski definition) is 2. The van der Waals surface area contributed by atoms with Gasteiger partial charge in [0.15, 0.2) is 5.82 Å². The highest BCUT2D eigenvalue weighted by Crippen LogP contribution is 2.42. The van der Waals surface area contributed by atoms with Gasteiger partial charge in [-0.3, -0.25) is 15.0 Å². The maximum atomic E-state index is 11.8. The Bertz CT molecular complexity index is 986. The van der Waals surface area contributed by atoms with Crippen LogP contribution >= 0.6 is 34.7 Å². The molecule has 10 heteroatoms. The van der Waals surface area contributed by atoms with Crippen LogP contribution in [-0.2, 0) is 9.59 Å². The number of benzene rings is 1. The summed E-state index contributed by atoms with van der Waals surface area (Å²) in [6.45, 7) is 0. The largest absolute Gasteiger partial charge is 0.317 e. The number of aromatic nitrogens is 3. The Morgan fingerprint density at radius 3 is 2.88 bits per heavy atom. The van der Waals surface area contributed by atoms with E-state index in [9.17, 15) is 9.59 Å². The first-order valence-corrected chi connectivity index (χ1v) is 9.93. The van der Waals surface area contributed by atoms with E-state index in [0.717, 1.165) is 16.0 Å². The Morgan fingerprint density at radius 1 is 1.31 bits per heavy atom. The fourth-order valence-corrected chi connectivity index (χ4v) is 4.34. The monoisotopic (exact) mass is 405 g/mol. The first-order chi connectivity index (χ1) is 12.7. The molecular formula is C16H12ClN5O2S2. The highest BCUT2D eigenvalue weighted by atomic mass is 35.5. The molecule has 0 saturated heterocycles. The molecule has 0 aliphatic carbocycles. The molecule has 26 heavy (non-hydrogen) atoms. The van der Waals surface area contributed by atoms with E-state index in [0.29, 0.717) is 21.7 Å². The number of fused-ring (bicyclic) bond motifs is 1. The van der Waals surface area contributed by atoms with E-state index in [1.165, 1.54) is 23.1 Å². The summed E-state index contributed by atoms with van der Waals surface area (Å²) < 4.78 is 1.59. The molecule has 1 aromatic carbocycles. The molecule has 1 aliphatic rings. The number of halogens is 1. The summed E-state index contributed by atoms with van der Waals surface area (Å²) in [6, 6.07) is 11.6. The normalized spacial score (nSPS) is 13.2. The molecule has 0 atom stereocenters. The number of alkyl halides is 1. The van der Waals surface area contributed by atoms with Crippen LogP contribution < -0.4 is 10.7 Å². The van der Waals surface area contributed by atoms with E-state index in [1.54, 1.807) is 4.68 Å². The Kier molecular flexibility index (Phi) is 4.66. The first-order valence-electron chi connectivity index (χ1n) is 7.59. The number of rotatable bonds is 4. The first kappa shape index (κ1) is 17.1. The van der Waals surface area contributed by atoms with Crippen LogP contribution in [0.3, 0.4) is 0 Å². The SMILES string of the molecule is O=C(CCl)Nc1cc(-c2ccccc2)c(-c2nnc3n2NC(=O)CS3)s1. The maximum Gasteiger partial charge on any atom is 0.249 e. The van der Waals surface area contributed by atoms with Crippen molar-refractivity contribution in [3.05, 3.63) is 36.4 Å². The van der Waals surface area contributed by atoms with Crippen molar-refractivity contribution in [3.63, 3.8) is 0 Å². The molecule has 4 rings (SSSR count). The molecule has 2 N–H and O–H groups in total. The molecule has 0 fully saturated rings. The zero-order valence-corrected chi connectivity index (χ0v) is 15.6. The third-order valence-electron chi connectivity index (χ3n) is 3.61. The van der Waals surface area contributed by atoms with Crippen molar-refractivity contribution in [1.82, 2.24) is 14.9 Å². The van der Waals surface area contributed by atoms with Gasteiger partial charge in [0.1, 0.15) is 5.88 Å². The lowest BCUT2D eigenvalue weighted by Crippen LogP contribution is -2.29. The van der Waals surface area contributed by atoms with Crippen molar-refractivity contribution >= 4 is 51.5 Å². The Hall–Kier alpha value is -2.36. The van der Waals surface area contributed by atoms with Gasteiger partial charge in [0.05, 0.1) is 15.6 Å². The number of thiophene rings is 1. The average molecular weight is 406 g/mol. The lowest BCUT2D eigenvalue weighted by Gasteiger charge is -2.15. The zero-order chi connectivity index (χ0) is 18.1. The number of nitrogens with one attached hydrogen (secondary N) is 2. The van der Waals surface area contributed by atoms with Gasteiger partial charge in [0.2, 0.25) is 17.0 Å². The van der Waals surface area contributed by atoms with Crippen molar-refractivity contribution in [2.75, 3.05) is 22.4 Å². The van der Waals surface area contributed by atoms with Crippen molar-refractivity contribution in [2.45, 2.75) is 5.16 Å². The van der Waals surface area contributed by atoms with E-state index in [2.05, 4.69) is 20.9 Å².